The van der Waals surface area contributed by atoms with Gasteiger partial charge in [0.1, 0.15) is 0 Å². The molecule has 2 fully saturated rings. The number of hydrogen-bond acceptors (Lipinski definition) is 3. The molecule has 0 spiro atoms. The van der Waals surface area contributed by atoms with Crippen LogP contribution in [0.25, 0.3) is 0 Å². The minimum atomic E-state index is -0.617. The third-order valence-corrected chi connectivity index (χ3v) is 4.80. The summed E-state index contributed by atoms with van der Waals surface area (Å²) in [6.07, 6.45) is 0.868. The van der Waals surface area contributed by atoms with Crippen LogP contribution in [0.3, 0.4) is 0 Å². The highest BCUT2D eigenvalue weighted by atomic mass is 16.4. The van der Waals surface area contributed by atoms with Crippen molar-refractivity contribution in [3.8, 4) is 0 Å². The molecular formula is C17H24N2O2. The summed E-state index contributed by atoms with van der Waals surface area (Å²) < 4.78 is 0. The number of aliphatic carboxylic acids is 1. The fourth-order valence-electron chi connectivity index (χ4n) is 3.42. The van der Waals surface area contributed by atoms with Crippen molar-refractivity contribution in [3.05, 3.63) is 29.3 Å². The highest BCUT2D eigenvalue weighted by Crippen LogP contribution is 2.39. The van der Waals surface area contributed by atoms with Gasteiger partial charge in [-0.05, 0) is 37.8 Å². The predicted molar refractivity (Wildman–Crippen MR) is 83.8 cm³/mol. The van der Waals surface area contributed by atoms with Crippen LogP contribution in [0.1, 0.15) is 17.5 Å². The van der Waals surface area contributed by atoms with Crippen molar-refractivity contribution < 1.29 is 9.90 Å². The van der Waals surface area contributed by atoms with E-state index in [1.165, 1.54) is 16.8 Å². The number of hydrogen-bond donors (Lipinski definition) is 1. The summed E-state index contributed by atoms with van der Waals surface area (Å²) in [5, 5.41) is 8.97. The molecule has 1 saturated carbocycles. The third-order valence-electron chi connectivity index (χ3n) is 4.80. The summed E-state index contributed by atoms with van der Waals surface area (Å²) in [5.74, 6) is -0.313. The third kappa shape index (κ3) is 3.21. The number of carboxylic acids is 1. The SMILES string of the molecule is Cc1ccc(N2CCN(C[C@@H]3CC3C(=O)O)CC2)c(C)c1. The average Bonchev–Trinajstić information content (AvgIpc) is 3.19. The lowest BCUT2D eigenvalue weighted by Gasteiger charge is -2.37. The number of nitrogens with zero attached hydrogens (tertiary/aromatic N) is 2. The quantitative estimate of drug-likeness (QED) is 0.922. The van der Waals surface area contributed by atoms with Gasteiger partial charge in [-0.15, -0.1) is 0 Å². The number of aryl methyl sites for hydroxylation is 2. The Balaban J connectivity index is 1.52. The van der Waals surface area contributed by atoms with E-state index in [9.17, 15) is 4.79 Å². The van der Waals surface area contributed by atoms with E-state index in [0.29, 0.717) is 5.92 Å². The van der Waals surface area contributed by atoms with Gasteiger partial charge in [0.25, 0.3) is 0 Å². The molecule has 0 radical (unpaired) electrons. The predicted octanol–water partition coefficient (Wildman–Crippen LogP) is 2.15. The monoisotopic (exact) mass is 288 g/mol. The zero-order valence-corrected chi connectivity index (χ0v) is 12.9. The van der Waals surface area contributed by atoms with Crippen molar-refractivity contribution in [1.82, 2.24) is 4.90 Å². The van der Waals surface area contributed by atoms with Crippen molar-refractivity contribution in [2.75, 3.05) is 37.6 Å². The standard InChI is InChI=1S/C17H24N2O2/c1-12-3-4-16(13(2)9-12)19-7-5-18(6-8-19)11-14-10-15(14)17(20)21/h3-4,9,14-15H,5-8,10-11H2,1-2H3,(H,20,21)/t14-,15?/m0/s1. The topological polar surface area (TPSA) is 43.8 Å². The zero-order chi connectivity index (χ0) is 15.0. The molecule has 1 aromatic carbocycles. The van der Waals surface area contributed by atoms with Gasteiger partial charge in [-0.2, -0.15) is 0 Å². The van der Waals surface area contributed by atoms with E-state index in [1.807, 2.05) is 0 Å². The van der Waals surface area contributed by atoms with E-state index in [1.54, 1.807) is 0 Å². The molecule has 1 unspecified atom stereocenters. The maximum atomic E-state index is 10.9. The Morgan fingerprint density at radius 2 is 1.95 bits per heavy atom. The van der Waals surface area contributed by atoms with E-state index in [0.717, 1.165) is 39.1 Å². The van der Waals surface area contributed by atoms with Crippen LogP contribution in [0.2, 0.25) is 0 Å². The Labute approximate surface area is 126 Å². The molecule has 1 aliphatic carbocycles. The highest BCUT2D eigenvalue weighted by Gasteiger charge is 2.43. The molecule has 1 N–H and O–H groups in total. The normalized spacial score (nSPS) is 25.9. The smallest absolute Gasteiger partial charge is 0.306 e. The molecule has 2 atom stereocenters. The van der Waals surface area contributed by atoms with E-state index >= 15 is 0 Å². The van der Waals surface area contributed by atoms with Crippen LogP contribution < -0.4 is 4.90 Å². The molecule has 0 aromatic heterocycles. The van der Waals surface area contributed by atoms with E-state index in [-0.39, 0.29) is 5.92 Å². The Morgan fingerprint density at radius 1 is 1.24 bits per heavy atom. The molecule has 1 heterocycles. The Bertz CT molecular complexity index is 536. The molecule has 0 amide bonds. The number of piperazine rings is 1. The van der Waals surface area contributed by atoms with Crippen LogP contribution in [-0.4, -0.2) is 48.7 Å². The van der Waals surface area contributed by atoms with E-state index in [4.69, 9.17) is 5.11 Å². The zero-order valence-electron chi connectivity index (χ0n) is 12.9. The first-order valence-corrected chi connectivity index (χ1v) is 7.82. The molecule has 4 nitrogen and oxygen atoms in total. The molecule has 4 heteroatoms. The van der Waals surface area contributed by atoms with Crippen molar-refractivity contribution in [2.24, 2.45) is 11.8 Å². The first-order valence-electron chi connectivity index (χ1n) is 7.82. The van der Waals surface area contributed by atoms with Gasteiger partial charge in [-0.1, -0.05) is 17.7 Å². The van der Waals surface area contributed by atoms with Gasteiger partial charge in [0.05, 0.1) is 5.92 Å². The Morgan fingerprint density at radius 3 is 2.52 bits per heavy atom. The van der Waals surface area contributed by atoms with Gasteiger partial charge in [-0.25, -0.2) is 0 Å². The van der Waals surface area contributed by atoms with Gasteiger partial charge >= 0.3 is 5.97 Å². The Kier molecular flexibility index (Phi) is 3.89. The second-order valence-corrected chi connectivity index (χ2v) is 6.52. The molecule has 3 rings (SSSR count). The molecule has 2 aliphatic rings. The molecule has 1 aromatic rings. The van der Waals surface area contributed by atoms with Crippen molar-refractivity contribution in [1.29, 1.82) is 0 Å². The summed E-state index contributed by atoms with van der Waals surface area (Å²) in [6, 6.07) is 6.64. The average molecular weight is 288 g/mol. The van der Waals surface area contributed by atoms with Crippen molar-refractivity contribution in [3.63, 3.8) is 0 Å². The van der Waals surface area contributed by atoms with Gasteiger partial charge in [0.2, 0.25) is 0 Å². The molecule has 114 valence electrons. The summed E-state index contributed by atoms with van der Waals surface area (Å²) >= 11 is 0. The Hall–Kier alpha value is -1.55. The minimum Gasteiger partial charge on any atom is -0.481 e. The van der Waals surface area contributed by atoms with Crippen molar-refractivity contribution >= 4 is 11.7 Å². The van der Waals surface area contributed by atoms with Gasteiger partial charge in [-0.3, -0.25) is 9.69 Å². The molecule has 0 bridgehead atoms. The van der Waals surface area contributed by atoms with Crippen molar-refractivity contribution in [2.45, 2.75) is 20.3 Å². The molecule has 1 aliphatic heterocycles. The summed E-state index contributed by atoms with van der Waals surface area (Å²) in [6.45, 7) is 9.41. The lowest BCUT2D eigenvalue weighted by atomic mass is 10.1. The minimum absolute atomic E-state index is 0.0811. The van der Waals surface area contributed by atoms with Gasteiger partial charge in [0.15, 0.2) is 0 Å². The fraction of sp³-hybridized carbons (Fsp3) is 0.588. The van der Waals surface area contributed by atoms with Crippen LogP contribution in [0, 0.1) is 25.7 Å². The summed E-state index contributed by atoms with van der Waals surface area (Å²) in [5.41, 5.74) is 4.00. The summed E-state index contributed by atoms with van der Waals surface area (Å²) in [7, 11) is 0. The molecule has 21 heavy (non-hydrogen) atoms. The van der Waals surface area contributed by atoms with Gasteiger partial charge in [0, 0.05) is 38.4 Å². The number of rotatable bonds is 4. The first-order chi connectivity index (χ1) is 10.0. The van der Waals surface area contributed by atoms with Crippen LogP contribution in [0.5, 0.6) is 0 Å². The van der Waals surface area contributed by atoms with E-state index in [2.05, 4.69) is 41.8 Å². The highest BCUT2D eigenvalue weighted by molar-refractivity contribution is 5.73. The van der Waals surface area contributed by atoms with E-state index < -0.39 is 5.97 Å². The molecule has 1 saturated heterocycles. The lowest BCUT2D eigenvalue weighted by Crippen LogP contribution is -2.47. The number of carbonyl (C=O) groups is 1. The maximum Gasteiger partial charge on any atom is 0.306 e. The first kappa shape index (κ1) is 14.4. The fourth-order valence-corrected chi connectivity index (χ4v) is 3.42. The maximum absolute atomic E-state index is 10.9. The molecular weight excluding hydrogens is 264 g/mol. The van der Waals surface area contributed by atoms with Crippen LogP contribution >= 0.6 is 0 Å². The number of anilines is 1. The summed E-state index contributed by atoms with van der Waals surface area (Å²) in [4.78, 5) is 15.8. The number of benzene rings is 1. The number of carboxylic acid groups (broad SMARTS) is 1. The lowest BCUT2D eigenvalue weighted by molar-refractivity contribution is -0.138. The largest absolute Gasteiger partial charge is 0.481 e. The second-order valence-electron chi connectivity index (χ2n) is 6.52. The van der Waals surface area contributed by atoms with Gasteiger partial charge < -0.3 is 10.0 Å². The second kappa shape index (κ2) is 5.68. The van der Waals surface area contributed by atoms with Crippen LogP contribution in [-0.2, 0) is 4.79 Å². The van der Waals surface area contributed by atoms with Crippen LogP contribution in [0.15, 0.2) is 18.2 Å². The van der Waals surface area contributed by atoms with Crippen LogP contribution in [0.4, 0.5) is 5.69 Å².